The van der Waals surface area contributed by atoms with E-state index >= 15 is 0 Å². The van der Waals surface area contributed by atoms with Crippen LogP contribution in [0.4, 0.5) is 0 Å². The number of hydrogen-bond acceptors (Lipinski definition) is 0. The monoisotopic (exact) mass is 520 g/mol. The third-order valence-corrected chi connectivity index (χ3v) is 10.1. The zero-order chi connectivity index (χ0) is 19.2. The zero-order valence-electron chi connectivity index (χ0n) is 18.6. The Labute approximate surface area is 221 Å². The second-order valence-corrected chi connectivity index (χ2v) is 12.2. The minimum Gasteiger partial charge on any atom is -1.00 e. The van der Waals surface area contributed by atoms with Crippen LogP contribution in [0.25, 0.3) is 10.8 Å². The maximum absolute atomic E-state index is 2.52. The number of fused-ring (bicyclic) bond motifs is 1. The second-order valence-electron chi connectivity index (χ2n) is 8.25. The fourth-order valence-corrected chi connectivity index (χ4v) is 8.42. The smallest absolute Gasteiger partial charge is 1.00 e. The molecule has 0 radical (unpaired) electrons. The number of aryl methyl sites for hydroxylation is 4. The molecule has 5 heteroatoms. The van der Waals surface area contributed by atoms with E-state index in [4.69, 9.17) is 0 Å². The summed E-state index contributed by atoms with van der Waals surface area (Å²) in [6, 6.07) is 27.8. The van der Waals surface area contributed by atoms with Gasteiger partial charge in [-0.15, -0.1) is 34.8 Å². The van der Waals surface area contributed by atoms with Gasteiger partial charge in [-0.3, -0.25) is 0 Å². The third kappa shape index (κ3) is 5.90. The van der Waals surface area contributed by atoms with E-state index in [0.29, 0.717) is 0 Å². The zero-order valence-corrected chi connectivity index (χ0v) is 23.4. The molecule has 0 saturated heterocycles. The van der Waals surface area contributed by atoms with E-state index in [0.717, 1.165) is 0 Å². The van der Waals surface area contributed by atoms with Crippen molar-refractivity contribution in [1.29, 1.82) is 0 Å². The van der Waals surface area contributed by atoms with Gasteiger partial charge in [0.05, 0.1) is 0 Å². The summed E-state index contributed by atoms with van der Waals surface area (Å²) in [4.78, 5) is 0. The van der Waals surface area contributed by atoms with Gasteiger partial charge in [0.2, 0.25) is 0 Å². The predicted molar refractivity (Wildman–Crippen MR) is 122 cm³/mol. The molecule has 0 unspecified atom stereocenters. The van der Waals surface area contributed by atoms with Crippen molar-refractivity contribution in [2.24, 2.45) is 0 Å². The van der Waals surface area contributed by atoms with Crippen LogP contribution in [0.5, 0.6) is 0 Å². The van der Waals surface area contributed by atoms with Gasteiger partial charge < -0.3 is 37.2 Å². The summed E-state index contributed by atoms with van der Waals surface area (Å²) < 4.78 is 0. The van der Waals surface area contributed by atoms with Crippen LogP contribution in [0.2, 0.25) is 6.55 Å². The first-order chi connectivity index (χ1) is 12.9. The summed E-state index contributed by atoms with van der Waals surface area (Å²) in [7, 11) is -2.09. The molecule has 0 spiro atoms. The first-order valence-corrected chi connectivity index (χ1v) is 12.2. The summed E-state index contributed by atoms with van der Waals surface area (Å²) in [5.41, 5.74) is 5.40. The Morgan fingerprint density at radius 2 is 1.03 bits per heavy atom. The van der Waals surface area contributed by atoms with E-state index in [-0.39, 0.29) is 58.9 Å². The average Bonchev–Trinajstić information content (AvgIpc) is 3.04. The Balaban J connectivity index is 0.00000225. The van der Waals surface area contributed by atoms with Gasteiger partial charge >= 0.3 is 21.7 Å². The maximum atomic E-state index is 2.52. The van der Waals surface area contributed by atoms with Crippen LogP contribution >= 0.6 is 0 Å². The van der Waals surface area contributed by atoms with Gasteiger partial charge in [0.1, 0.15) is 8.07 Å². The van der Waals surface area contributed by atoms with Crippen LogP contribution in [-0.4, -0.2) is 8.07 Å². The van der Waals surface area contributed by atoms with Crippen molar-refractivity contribution in [3.63, 3.8) is 0 Å². The van der Waals surface area contributed by atoms with Crippen molar-refractivity contribution in [2.75, 3.05) is 0 Å². The van der Waals surface area contributed by atoms with Crippen LogP contribution in [0.15, 0.2) is 72.8 Å². The molecule has 160 valence electrons. The Bertz CT molecular complexity index is 1030. The molecule has 0 aliphatic heterocycles. The summed E-state index contributed by atoms with van der Waals surface area (Å²) in [5, 5.41) is 7.19. The Morgan fingerprint density at radius 1 is 0.613 bits per heavy atom. The van der Waals surface area contributed by atoms with Crippen molar-refractivity contribution < 1.29 is 58.9 Å². The van der Waals surface area contributed by atoms with Crippen molar-refractivity contribution in [1.82, 2.24) is 0 Å². The van der Waals surface area contributed by atoms with Gasteiger partial charge in [-0.05, 0) is 27.7 Å². The van der Waals surface area contributed by atoms with E-state index in [1.54, 1.807) is 0 Å². The SMILES string of the molecule is Cc1cc(C)cc([Si](C)(c2cc(C)cc(C)c2)c2cc3ccccc3[cH-]2)c1.[Cl-].[Cl-].[Cl-].[Ti+4]. The molecule has 31 heavy (non-hydrogen) atoms. The molecule has 0 saturated carbocycles. The van der Waals surface area contributed by atoms with Crippen molar-refractivity contribution in [3.8, 4) is 0 Å². The summed E-state index contributed by atoms with van der Waals surface area (Å²) in [6.45, 7) is 11.4. The topological polar surface area (TPSA) is 0 Å². The molecule has 0 aliphatic carbocycles. The van der Waals surface area contributed by atoms with E-state index in [9.17, 15) is 0 Å². The standard InChI is InChI=1S/C26H27Si.3ClH.Ti/c1-18-10-19(2)13-24(12-18)27(5,25-14-20(3)11-21(4)15-25)26-16-22-8-6-7-9-23(22)17-26;;;;/h6-17H,1-5H3;3*1H;/q-1;;;;+4/p-3. The molecular weight excluding hydrogens is 495 g/mol. The summed E-state index contributed by atoms with van der Waals surface area (Å²) >= 11 is 0. The first kappa shape index (κ1) is 30.1. The molecule has 4 aromatic rings. The molecule has 0 nitrogen and oxygen atoms in total. The van der Waals surface area contributed by atoms with Crippen LogP contribution in [-0.2, 0) is 21.7 Å². The van der Waals surface area contributed by atoms with Crippen LogP contribution in [0.3, 0.4) is 0 Å². The molecule has 0 bridgehead atoms. The van der Waals surface area contributed by atoms with Gasteiger partial charge in [0.25, 0.3) is 0 Å². The largest absolute Gasteiger partial charge is 4.00 e. The van der Waals surface area contributed by atoms with Gasteiger partial charge in [-0.1, -0.05) is 81.6 Å². The number of halogens is 3. The molecule has 0 aliphatic rings. The van der Waals surface area contributed by atoms with Crippen molar-refractivity contribution >= 4 is 34.4 Å². The van der Waals surface area contributed by atoms with E-state index in [1.807, 2.05) is 0 Å². The number of rotatable bonds is 3. The number of hydrogen-bond donors (Lipinski definition) is 0. The van der Waals surface area contributed by atoms with Gasteiger partial charge in [-0.25, -0.2) is 0 Å². The predicted octanol–water partition coefficient (Wildman–Crippen LogP) is -4.10. The molecule has 4 rings (SSSR count). The normalized spacial score (nSPS) is 10.4. The van der Waals surface area contributed by atoms with Crippen molar-refractivity contribution in [2.45, 2.75) is 34.2 Å². The number of benzene rings is 3. The molecule has 0 atom stereocenters. The second kappa shape index (κ2) is 11.8. The van der Waals surface area contributed by atoms with Gasteiger partial charge in [0.15, 0.2) is 0 Å². The van der Waals surface area contributed by atoms with E-state index in [2.05, 4.69) is 107 Å². The quantitative estimate of drug-likeness (QED) is 0.190. The fourth-order valence-electron chi connectivity index (χ4n) is 4.47. The molecular formula is C26H27Cl3SiTi. The van der Waals surface area contributed by atoms with Crippen LogP contribution in [0, 0.1) is 27.7 Å². The Kier molecular flexibility index (Phi) is 11.4. The van der Waals surface area contributed by atoms with E-state index in [1.165, 1.54) is 48.6 Å². The molecule has 0 N–H and O–H groups in total. The minimum absolute atomic E-state index is 0. The van der Waals surface area contributed by atoms with Crippen molar-refractivity contribution in [3.05, 3.63) is 95.1 Å². The summed E-state index contributed by atoms with van der Waals surface area (Å²) in [5.74, 6) is 0. The molecule has 0 aromatic heterocycles. The maximum Gasteiger partial charge on any atom is 4.00 e. The molecule has 0 fully saturated rings. The minimum atomic E-state index is -2.09. The average molecular weight is 522 g/mol. The molecule has 0 amide bonds. The Morgan fingerprint density at radius 3 is 1.45 bits per heavy atom. The van der Waals surface area contributed by atoms with Crippen LogP contribution < -0.4 is 52.8 Å². The summed E-state index contributed by atoms with van der Waals surface area (Å²) in [6.07, 6.45) is 0. The first-order valence-electron chi connectivity index (χ1n) is 9.70. The van der Waals surface area contributed by atoms with E-state index < -0.39 is 8.07 Å². The third-order valence-electron chi connectivity index (χ3n) is 5.79. The van der Waals surface area contributed by atoms with Gasteiger partial charge in [0, 0.05) is 0 Å². The van der Waals surface area contributed by atoms with Gasteiger partial charge in [-0.2, -0.15) is 11.5 Å². The fraction of sp³-hybridized carbons (Fsp3) is 0.192. The molecule has 0 heterocycles. The molecule has 4 aromatic carbocycles. The Hall–Kier alpha value is -0.929. The van der Waals surface area contributed by atoms with Crippen LogP contribution in [0.1, 0.15) is 22.3 Å².